The maximum Gasteiger partial charge on any atom is 0.307 e. The Morgan fingerprint density at radius 3 is 1.09 bits per heavy atom. The fourth-order valence-electron chi connectivity index (χ4n) is 4.59. The van der Waals surface area contributed by atoms with E-state index in [0.717, 1.165) is 76.0 Å². The molecule has 4 rings (SSSR count). The molecule has 0 amide bonds. The fourth-order valence-corrected chi connectivity index (χ4v) is 9.77. The van der Waals surface area contributed by atoms with E-state index in [1.165, 1.54) is 0 Å². The Morgan fingerprint density at radius 2 is 0.778 bits per heavy atom. The minimum Gasteiger partial charge on any atom is -0.494 e. The number of hydrogen-bond donors (Lipinski definition) is 0. The molecule has 0 aliphatic heterocycles. The normalized spacial score (nSPS) is 12.1. The summed E-state index contributed by atoms with van der Waals surface area (Å²) >= 11 is 0. The van der Waals surface area contributed by atoms with E-state index in [1.807, 2.05) is 79.7 Å². The second-order valence-electron chi connectivity index (χ2n) is 10.9. The largest absolute Gasteiger partial charge is 0.494 e. The highest BCUT2D eigenvalue weighted by Crippen LogP contribution is 2.70. The molecule has 0 saturated heterocycles. The molecule has 0 aromatic heterocycles. The summed E-state index contributed by atoms with van der Waals surface area (Å²) in [4.78, 5) is 2.27. The monoisotopic (exact) mass is 650 g/mol. The fraction of sp³-hybridized carbons (Fsp3) is 0.351. The Morgan fingerprint density at radius 1 is 0.467 bits per heavy atom. The molecule has 0 N–H and O–H groups in total. The molecule has 242 valence electrons. The van der Waals surface area contributed by atoms with Crippen LogP contribution in [0.4, 0.5) is 0 Å². The molecular formula is C37H46O6S2. The predicted molar refractivity (Wildman–Crippen MR) is 182 cm³/mol. The van der Waals surface area contributed by atoms with Gasteiger partial charge in [-0.15, -0.1) is 0 Å². The zero-order valence-electron chi connectivity index (χ0n) is 26.9. The molecule has 0 spiro atoms. The average Bonchev–Trinajstić information content (AvgIpc) is 3.05. The van der Waals surface area contributed by atoms with Gasteiger partial charge in [0, 0.05) is 14.7 Å². The molecule has 4 aromatic rings. The van der Waals surface area contributed by atoms with Crippen molar-refractivity contribution < 1.29 is 26.3 Å². The topological polar surface area (TPSA) is 71.1 Å². The van der Waals surface area contributed by atoms with Crippen LogP contribution in [-0.4, -0.2) is 28.2 Å². The van der Waals surface area contributed by atoms with E-state index in [0.29, 0.717) is 19.8 Å². The van der Waals surface area contributed by atoms with Crippen molar-refractivity contribution in [2.75, 3.05) is 19.8 Å². The van der Waals surface area contributed by atoms with Crippen molar-refractivity contribution in [3.05, 3.63) is 103 Å². The van der Waals surface area contributed by atoms with Crippen LogP contribution >= 0.6 is 10.3 Å². The Bertz CT molecular complexity index is 1420. The lowest BCUT2D eigenvalue weighted by atomic mass is 10.2. The number of benzene rings is 4. The molecule has 0 radical (unpaired) electrons. The van der Waals surface area contributed by atoms with Crippen molar-refractivity contribution in [2.24, 2.45) is 0 Å². The van der Waals surface area contributed by atoms with Crippen LogP contribution in [0, 0.1) is 6.92 Å². The van der Waals surface area contributed by atoms with Crippen molar-refractivity contribution >= 4 is 20.4 Å². The van der Waals surface area contributed by atoms with Crippen LogP contribution in [0.25, 0.3) is 0 Å². The van der Waals surface area contributed by atoms with E-state index in [1.54, 1.807) is 24.3 Å². The summed E-state index contributed by atoms with van der Waals surface area (Å²) in [6, 6.07) is 29.6. The van der Waals surface area contributed by atoms with Crippen molar-refractivity contribution in [1.29, 1.82) is 0 Å². The van der Waals surface area contributed by atoms with Gasteiger partial charge in [0.15, 0.2) is 0 Å². The van der Waals surface area contributed by atoms with Crippen molar-refractivity contribution in [2.45, 2.75) is 85.8 Å². The summed E-state index contributed by atoms with van der Waals surface area (Å²) in [6.07, 6.45) is 5.96. The predicted octanol–water partition coefficient (Wildman–Crippen LogP) is 10.1. The van der Waals surface area contributed by atoms with Crippen molar-refractivity contribution in [1.82, 2.24) is 0 Å². The van der Waals surface area contributed by atoms with Gasteiger partial charge in [0.2, 0.25) is 0 Å². The van der Waals surface area contributed by atoms with Gasteiger partial charge in [0.25, 0.3) is 0 Å². The van der Waals surface area contributed by atoms with E-state index in [4.69, 9.17) is 17.8 Å². The second-order valence-corrected chi connectivity index (χ2v) is 15.4. The highest BCUT2D eigenvalue weighted by Gasteiger charge is 2.38. The molecule has 8 heteroatoms. The molecule has 45 heavy (non-hydrogen) atoms. The van der Waals surface area contributed by atoms with Gasteiger partial charge in [-0.3, -0.25) is 0 Å². The molecule has 0 bridgehead atoms. The number of rotatable bonds is 18. The maximum absolute atomic E-state index is 14.1. The molecule has 6 nitrogen and oxygen atoms in total. The first-order valence-electron chi connectivity index (χ1n) is 15.9. The summed E-state index contributed by atoms with van der Waals surface area (Å²) < 4.78 is 52.7. The first-order valence-corrected chi connectivity index (χ1v) is 18.8. The Hall–Kier alpha value is -3.46. The first-order chi connectivity index (χ1) is 21.8. The van der Waals surface area contributed by atoms with Gasteiger partial charge in [0.05, 0.1) is 24.7 Å². The minimum absolute atomic E-state index is 0.100. The number of ether oxygens (including phenoxy) is 3. The lowest BCUT2D eigenvalue weighted by molar-refractivity contribution is 0.309. The molecule has 0 atom stereocenters. The van der Waals surface area contributed by atoms with Crippen LogP contribution in [0.15, 0.2) is 117 Å². The molecule has 0 aliphatic rings. The third-order valence-corrected chi connectivity index (χ3v) is 12.5. The zero-order chi connectivity index (χ0) is 32.1. The van der Waals surface area contributed by atoms with E-state index in [-0.39, 0.29) is 4.90 Å². The second kappa shape index (κ2) is 16.7. The first kappa shape index (κ1) is 34.4. The van der Waals surface area contributed by atoms with E-state index >= 15 is 0 Å². The standard InChI is InChI=1S/C37H46O6S2/c1-5-8-27-40-31-13-21-34(22-14-31)44(35-23-15-32(16-24-35)41-28-9-6-2,36-25-17-33(18-26-36)42-29-10-7-3)43-45(38,39)37-19-11-30(4)12-20-37/h11-26H,5-10,27-29H2,1-4H3. The van der Waals surface area contributed by atoms with Gasteiger partial charge in [-0.2, -0.15) is 8.42 Å². The molecular weight excluding hydrogens is 605 g/mol. The molecule has 0 saturated carbocycles. The molecule has 0 fully saturated rings. The summed E-state index contributed by atoms with van der Waals surface area (Å²) in [7, 11) is -7.05. The minimum atomic E-state index is -4.22. The van der Waals surface area contributed by atoms with Gasteiger partial charge in [0.1, 0.15) is 17.2 Å². The van der Waals surface area contributed by atoms with E-state index < -0.39 is 20.4 Å². The molecule has 0 heterocycles. The van der Waals surface area contributed by atoms with Gasteiger partial charge in [-0.1, -0.05) is 57.7 Å². The maximum atomic E-state index is 14.1. The summed E-state index contributed by atoms with van der Waals surface area (Å²) in [6.45, 7) is 10.1. The average molecular weight is 651 g/mol. The third-order valence-electron chi connectivity index (χ3n) is 7.27. The number of aryl methyl sites for hydroxylation is 1. The summed E-state index contributed by atoms with van der Waals surface area (Å²) in [5.74, 6) is 2.17. The number of hydrogen-bond acceptors (Lipinski definition) is 6. The SMILES string of the molecule is CCCCOc1ccc(S(OS(=O)(=O)c2ccc(C)cc2)(c2ccc(OCCCC)cc2)c2ccc(OCCCC)cc2)cc1. The quantitative estimate of drug-likeness (QED) is 0.0998. The molecule has 0 unspecified atom stereocenters. The van der Waals surface area contributed by atoms with Gasteiger partial charge < -0.3 is 14.2 Å². The third kappa shape index (κ3) is 9.06. The lowest BCUT2D eigenvalue weighted by Gasteiger charge is -2.39. The smallest absolute Gasteiger partial charge is 0.307 e. The van der Waals surface area contributed by atoms with Crippen LogP contribution in [0.3, 0.4) is 0 Å². The van der Waals surface area contributed by atoms with Crippen molar-refractivity contribution in [3.8, 4) is 17.2 Å². The van der Waals surface area contributed by atoms with Crippen LogP contribution in [-0.2, 0) is 13.7 Å². The van der Waals surface area contributed by atoms with Gasteiger partial charge >= 0.3 is 10.1 Å². The van der Waals surface area contributed by atoms with E-state index in [9.17, 15) is 8.42 Å². The van der Waals surface area contributed by atoms with E-state index in [2.05, 4.69) is 20.8 Å². The van der Waals surface area contributed by atoms with Crippen molar-refractivity contribution in [3.63, 3.8) is 0 Å². The van der Waals surface area contributed by atoms with Gasteiger partial charge in [-0.25, -0.2) is 3.63 Å². The Kier molecular flexibility index (Phi) is 12.8. The highest BCUT2D eigenvalue weighted by molar-refractivity contribution is 8.33. The van der Waals surface area contributed by atoms with Crippen LogP contribution in [0.5, 0.6) is 17.2 Å². The summed E-state index contributed by atoms with van der Waals surface area (Å²) in [5, 5.41) is 0. The van der Waals surface area contributed by atoms with Crippen LogP contribution in [0.2, 0.25) is 0 Å². The Labute approximate surface area is 271 Å². The number of unbranched alkanes of at least 4 members (excludes halogenated alkanes) is 3. The zero-order valence-corrected chi connectivity index (χ0v) is 28.5. The molecule has 4 aromatic carbocycles. The van der Waals surface area contributed by atoms with Crippen LogP contribution < -0.4 is 14.2 Å². The van der Waals surface area contributed by atoms with Crippen LogP contribution in [0.1, 0.15) is 64.9 Å². The summed E-state index contributed by atoms with van der Waals surface area (Å²) in [5.41, 5.74) is 0.962. The lowest BCUT2D eigenvalue weighted by Crippen LogP contribution is -2.15. The highest BCUT2D eigenvalue weighted by atomic mass is 32.3. The molecule has 0 aliphatic carbocycles. The van der Waals surface area contributed by atoms with Gasteiger partial charge in [-0.05, 0) is 121 Å². The Balaban J connectivity index is 1.87.